The van der Waals surface area contributed by atoms with Crippen molar-refractivity contribution in [2.45, 2.75) is 19.3 Å². The summed E-state index contributed by atoms with van der Waals surface area (Å²) in [4.78, 5) is 35.9. The Balaban J connectivity index is 1.59. The highest BCUT2D eigenvalue weighted by Crippen LogP contribution is 2.20. The van der Waals surface area contributed by atoms with Crippen LogP contribution in [-0.4, -0.2) is 44.3 Å². The minimum atomic E-state index is -0.310. The quantitative estimate of drug-likeness (QED) is 0.681. The van der Waals surface area contributed by atoms with Crippen LogP contribution < -0.4 is 11.1 Å². The Hall–Kier alpha value is -3.42. The van der Waals surface area contributed by atoms with Gasteiger partial charge in [0.2, 0.25) is 5.95 Å². The molecule has 28 heavy (non-hydrogen) atoms. The highest BCUT2D eigenvalue weighted by atomic mass is 16.2. The number of rotatable bonds is 3. The van der Waals surface area contributed by atoms with E-state index in [-0.39, 0.29) is 11.8 Å². The molecule has 1 saturated heterocycles. The van der Waals surface area contributed by atoms with Crippen LogP contribution in [0.25, 0.3) is 11.2 Å². The highest BCUT2D eigenvalue weighted by molar-refractivity contribution is 6.04. The number of carbonyl (C=O) groups excluding carboxylic acids is 2. The molecule has 0 bridgehead atoms. The normalized spacial score (nSPS) is 14.2. The topological polar surface area (TPSA) is 106 Å². The van der Waals surface area contributed by atoms with Crippen LogP contribution in [0.1, 0.15) is 40.0 Å². The lowest BCUT2D eigenvalue weighted by molar-refractivity contribution is 0.0724. The molecule has 3 heterocycles. The minimum absolute atomic E-state index is 0.0231. The van der Waals surface area contributed by atoms with E-state index in [9.17, 15) is 9.59 Å². The number of fused-ring (bicyclic) bond motifs is 1. The summed E-state index contributed by atoms with van der Waals surface area (Å²) < 4.78 is 1.69. The van der Waals surface area contributed by atoms with Gasteiger partial charge in [0.25, 0.3) is 11.8 Å². The molecule has 0 saturated carbocycles. The summed E-state index contributed by atoms with van der Waals surface area (Å²) in [6, 6.07) is 8.46. The fourth-order valence-electron chi connectivity index (χ4n) is 3.44. The average Bonchev–Trinajstić information content (AvgIpc) is 3.03. The summed E-state index contributed by atoms with van der Waals surface area (Å²) in [5, 5.41) is 2.78. The van der Waals surface area contributed by atoms with Crippen LogP contribution in [-0.2, 0) is 7.05 Å². The number of nitrogens with one attached hydrogen (secondary N) is 1. The van der Waals surface area contributed by atoms with E-state index in [1.165, 1.54) is 0 Å². The van der Waals surface area contributed by atoms with Gasteiger partial charge in [0, 0.05) is 37.6 Å². The molecule has 4 rings (SSSR count). The number of amides is 2. The van der Waals surface area contributed by atoms with E-state index < -0.39 is 0 Å². The van der Waals surface area contributed by atoms with E-state index in [1.807, 2.05) is 4.90 Å². The maximum Gasteiger partial charge on any atom is 0.258 e. The van der Waals surface area contributed by atoms with Crippen molar-refractivity contribution in [1.82, 2.24) is 19.4 Å². The van der Waals surface area contributed by atoms with Gasteiger partial charge >= 0.3 is 0 Å². The molecule has 0 spiro atoms. The summed E-state index contributed by atoms with van der Waals surface area (Å²) in [5.74, 6) is 0.0259. The van der Waals surface area contributed by atoms with Crippen LogP contribution in [0.2, 0.25) is 0 Å². The Labute approximate surface area is 162 Å². The zero-order valence-corrected chi connectivity index (χ0v) is 15.7. The lowest BCUT2D eigenvalue weighted by Crippen LogP contribution is -2.35. The summed E-state index contributed by atoms with van der Waals surface area (Å²) in [7, 11) is 1.77. The predicted octanol–water partition coefficient (Wildman–Crippen LogP) is 2.43. The molecule has 1 aliphatic rings. The van der Waals surface area contributed by atoms with Crippen molar-refractivity contribution >= 4 is 34.6 Å². The lowest BCUT2D eigenvalue weighted by Gasteiger charge is -2.26. The van der Waals surface area contributed by atoms with Crippen LogP contribution in [0.4, 0.5) is 11.6 Å². The number of pyridine rings is 1. The molecule has 1 fully saturated rings. The third-order valence-electron chi connectivity index (χ3n) is 4.97. The SMILES string of the molecule is Cn1c(NC(=O)c2cccc(N)c2)nc2cc(C(=O)N3CCCCC3)cnc21. The van der Waals surface area contributed by atoms with Gasteiger partial charge in [-0.25, -0.2) is 9.97 Å². The molecule has 2 aromatic heterocycles. The van der Waals surface area contributed by atoms with Gasteiger partial charge < -0.3 is 10.6 Å². The number of benzene rings is 1. The number of aromatic nitrogens is 3. The molecular weight excluding hydrogens is 356 g/mol. The van der Waals surface area contributed by atoms with Gasteiger partial charge in [0.05, 0.1) is 5.56 Å². The van der Waals surface area contributed by atoms with E-state index in [4.69, 9.17) is 5.73 Å². The van der Waals surface area contributed by atoms with Crippen molar-refractivity contribution < 1.29 is 9.59 Å². The van der Waals surface area contributed by atoms with Crippen molar-refractivity contribution in [2.24, 2.45) is 7.05 Å². The number of likely N-dealkylation sites (tertiary alicyclic amines) is 1. The molecular formula is C20H22N6O2. The summed E-state index contributed by atoms with van der Waals surface area (Å²) in [6.07, 6.45) is 4.80. The molecule has 2 amide bonds. The second-order valence-electron chi connectivity index (χ2n) is 6.99. The van der Waals surface area contributed by atoms with E-state index in [2.05, 4.69) is 15.3 Å². The molecule has 1 aliphatic heterocycles. The second-order valence-corrected chi connectivity index (χ2v) is 6.99. The first-order valence-corrected chi connectivity index (χ1v) is 9.31. The van der Waals surface area contributed by atoms with Gasteiger partial charge in [-0.2, -0.15) is 0 Å². The first-order valence-electron chi connectivity index (χ1n) is 9.31. The fraction of sp³-hybridized carbons (Fsp3) is 0.300. The minimum Gasteiger partial charge on any atom is -0.399 e. The molecule has 0 radical (unpaired) electrons. The van der Waals surface area contributed by atoms with Gasteiger partial charge in [-0.05, 0) is 43.5 Å². The third kappa shape index (κ3) is 3.40. The number of carbonyl (C=O) groups is 2. The molecule has 0 unspecified atom stereocenters. The van der Waals surface area contributed by atoms with E-state index in [1.54, 1.807) is 48.1 Å². The Bertz CT molecular complexity index is 1050. The van der Waals surface area contributed by atoms with Gasteiger partial charge in [-0.1, -0.05) is 6.07 Å². The maximum absolute atomic E-state index is 12.7. The molecule has 144 valence electrons. The van der Waals surface area contributed by atoms with Crippen LogP contribution in [0.5, 0.6) is 0 Å². The number of anilines is 2. The molecule has 1 aromatic carbocycles. The van der Waals surface area contributed by atoms with Crippen molar-refractivity contribution in [1.29, 1.82) is 0 Å². The van der Waals surface area contributed by atoms with E-state index in [0.29, 0.717) is 33.9 Å². The van der Waals surface area contributed by atoms with Crippen LogP contribution in [0, 0.1) is 0 Å². The number of hydrogen-bond donors (Lipinski definition) is 2. The number of aryl methyl sites for hydroxylation is 1. The molecule has 8 heteroatoms. The average molecular weight is 378 g/mol. The largest absolute Gasteiger partial charge is 0.399 e. The first-order chi connectivity index (χ1) is 13.5. The fourth-order valence-corrected chi connectivity index (χ4v) is 3.44. The Kier molecular flexibility index (Phi) is 4.68. The van der Waals surface area contributed by atoms with Gasteiger partial charge in [0.15, 0.2) is 5.65 Å². The monoisotopic (exact) mass is 378 g/mol. The Morgan fingerprint density at radius 2 is 1.89 bits per heavy atom. The van der Waals surface area contributed by atoms with Gasteiger partial charge in [-0.15, -0.1) is 0 Å². The number of nitrogen functional groups attached to an aromatic ring is 1. The van der Waals surface area contributed by atoms with Crippen molar-refractivity contribution in [3.63, 3.8) is 0 Å². The van der Waals surface area contributed by atoms with Crippen molar-refractivity contribution in [3.8, 4) is 0 Å². The Morgan fingerprint density at radius 1 is 1.11 bits per heavy atom. The number of nitrogens with zero attached hydrogens (tertiary/aromatic N) is 4. The summed E-state index contributed by atoms with van der Waals surface area (Å²) in [6.45, 7) is 1.56. The standard InChI is InChI=1S/C20H22N6O2/c1-25-17-16(11-14(12-22-17)19(28)26-8-3-2-4-9-26)23-20(25)24-18(27)13-6-5-7-15(21)10-13/h5-7,10-12H,2-4,8-9,21H2,1H3,(H,23,24,27). The molecule has 0 aliphatic carbocycles. The predicted molar refractivity (Wildman–Crippen MR) is 107 cm³/mol. The summed E-state index contributed by atoms with van der Waals surface area (Å²) in [5.41, 5.74) is 8.37. The van der Waals surface area contributed by atoms with Crippen molar-refractivity contribution in [2.75, 3.05) is 24.1 Å². The van der Waals surface area contributed by atoms with E-state index in [0.717, 1.165) is 32.4 Å². The molecule has 8 nitrogen and oxygen atoms in total. The zero-order chi connectivity index (χ0) is 19.7. The van der Waals surface area contributed by atoms with Gasteiger partial charge in [0.1, 0.15) is 5.52 Å². The number of imidazole rings is 1. The van der Waals surface area contributed by atoms with Crippen LogP contribution in [0.3, 0.4) is 0 Å². The smallest absolute Gasteiger partial charge is 0.258 e. The molecule has 0 atom stereocenters. The summed E-state index contributed by atoms with van der Waals surface area (Å²) >= 11 is 0. The Morgan fingerprint density at radius 3 is 2.64 bits per heavy atom. The maximum atomic E-state index is 12.7. The van der Waals surface area contributed by atoms with Crippen molar-refractivity contribution in [3.05, 3.63) is 47.7 Å². The third-order valence-corrected chi connectivity index (χ3v) is 4.97. The number of piperidine rings is 1. The van der Waals surface area contributed by atoms with Gasteiger partial charge in [-0.3, -0.25) is 19.5 Å². The first kappa shape index (κ1) is 18.0. The zero-order valence-electron chi connectivity index (χ0n) is 15.7. The second kappa shape index (κ2) is 7.30. The van der Waals surface area contributed by atoms with E-state index >= 15 is 0 Å². The van der Waals surface area contributed by atoms with Crippen LogP contribution in [0.15, 0.2) is 36.5 Å². The highest BCUT2D eigenvalue weighted by Gasteiger charge is 2.20. The molecule has 3 N–H and O–H groups in total. The van der Waals surface area contributed by atoms with Crippen LogP contribution >= 0.6 is 0 Å². The molecule has 3 aromatic rings. The number of hydrogen-bond acceptors (Lipinski definition) is 5. The lowest BCUT2D eigenvalue weighted by atomic mass is 10.1. The number of nitrogens with two attached hydrogens (primary N) is 1.